The van der Waals surface area contributed by atoms with Gasteiger partial charge < -0.3 is 5.32 Å². The van der Waals surface area contributed by atoms with Gasteiger partial charge >= 0.3 is 0 Å². The molecule has 1 heterocycles. The molecule has 1 fully saturated rings. The number of halogens is 2. The van der Waals surface area contributed by atoms with Crippen LogP contribution in [0.1, 0.15) is 43.0 Å². The van der Waals surface area contributed by atoms with Gasteiger partial charge in [0, 0.05) is 12.2 Å². The Kier molecular flexibility index (Phi) is 4.46. The molecule has 98 valence electrons. The first-order valence-electron chi connectivity index (χ1n) is 6.20. The van der Waals surface area contributed by atoms with Crippen molar-refractivity contribution in [3.63, 3.8) is 0 Å². The fraction of sp³-hybridized carbons (Fsp3) is 0.538. The lowest BCUT2D eigenvalue weighted by Crippen LogP contribution is -2.37. The second-order valence-electron chi connectivity index (χ2n) is 4.80. The fourth-order valence-electron chi connectivity index (χ4n) is 2.41. The summed E-state index contributed by atoms with van der Waals surface area (Å²) in [5.74, 6) is 0.449. The molecular formula is C13H16Cl2N2O. The summed E-state index contributed by atoms with van der Waals surface area (Å²) in [5, 5.41) is 3.53. The molecule has 1 saturated carbocycles. The predicted molar refractivity (Wildman–Crippen MR) is 73.1 cm³/mol. The molecule has 0 saturated heterocycles. The van der Waals surface area contributed by atoms with Crippen LogP contribution in [0.3, 0.4) is 0 Å². The Morgan fingerprint density at radius 1 is 1.44 bits per heavy atom. The van der Waals surface area contributed by atoms with E-state index in [2.05, 4.69) is 17.2 Å². The molecule has 1 aromatic rings. The second-order valence-corrected chi connectivity index (χ2v) is 5.57. The van der Waals surface area contributed by atoms with E-state index in [0.717, 1.165) is 0 Å². The van der Waals surface area contributed by atoms with Crippen LogP contribution in [0, 0.1) is 5.92 Å². The maximum Gasteiger partial charge on any atom is 0.253 e. The van der Waals surface area contributed by atoms with Gasteiger partial charge in [-0.05, 0) is 31.7 Å². The number of aromatic nitrogens is 1. The molecule has 0 radical (unpaired) electrons. The number of carbonyl (C=O) groups excluding carboxylic acids is 1. The summed E-state index contributed by atoms with van der Waals surface area (Å²) in [6.45, 7) is 2.05. The molecule has 1 aliphatic rings. The summed E-state index contributed by atoms with van der Waals surface area (Å²) in [6.07, 6.45) is 6.37. The van der Waals surface area contributed by atoms with E-state index in [1.807, 2.05) is 0 Å². The average Bonchev–Trinajstić information content (AvgIpc) is 2.86. The van der Waals surface area contributed by atoms with Crippen molar-refractivity contribution in [3.05, 3.63) is 28.0 Å². The van der Waals surface area contributed by atoms with Gasteiger partial charge in [-0.3, -0.25) is 4.79 Å². The average molecular weight is 287 g/mol. The minimum atomic E-state index is -0.138. The van der Waals surface area contributed by atoms with Gasteiger partial charge in [-0.2, -0.15) is 0 Å². The van der Waals surface area contributed by atoms with Crippen molar-refractivity contribution >= 4 is 29.1 Å². The second kappa shape index (κ2) is 5.89. The van der Waals surface area contributed by atoms with Gasteiger partial charge in [-0.15, -0.1) is 0 Å². The maximum atomic E-state index is 12.0. The van der Waals surface area contributed by atoms with Gasteiger partial charge in [0.2, 0.25) is 0 Å². The van der Waals surface area contributed by atoms with Crippen molar-refractivity contribution in [1.82, 2.24) is 10.3 Å². The molecule has 1 amide bonds. The topological polar surface area (TPSA) is 42.0 Å². The highest BCUT2D eigenvalue weighted by Crippen LogP contribution is 2.27. The van der Waals surface area contributed by atoms with Crippen LogP contribution < -0.4 is 5.32 Å². The van der Waals surface area contributed by atoms with Gasteiger partial charge in [0.1, 0.15) is 5.15 Å². The number of rotatable bonds is 3. The molecule has 1 unspecified atom stereocenters. The minimum absolute atomic E-state index is 0.138. The smallest absolute Gasteiger partial charge is 0.253 e. The van der Waals surface area contributed by atoms with E-state index >= 15 is 0 Å². The van der Waals surface area contributed by atoms with Crippen LogP contribution in [0.4, 0.5) is 0 Å². The van der Waals surface area contributed by atoms with Crippen LogP contribution in [-0.4, -0.2) is 16.9 Å². The lowest BCUT2D eigenvalue weighted by molar-refractivity contribution is 0.0927. The van der Waals surface area contributed by atoms with Crippen molar-refractivity contribution in [2.45, 2.75) is 38.6 Å². The number of hydrogen-bond acceptors (Lipinski definition) is 2. The zero-order valence-electron chi connectivity index (χ0n) is 10.2. The normalized spacial score (nSPS) is 17.7. The van der Waals surface area contributed by atoms with Crippen molar-refractivity contribution in [1.29, 1.82) is 0 Å². The number of amides is 1. The number of nitrogens with zero attached hydrogens (tertiary/aromatic N) is 1. The Labute approximate surface area is 117 Å². The molecular weight excluding hydrogens is 271 g/mol. The van der Waals surface area contributed by atoms with Gasteiger partial charge in [-0.25, -0.2) is 4.98 Å². The van der Waals surface area contributed by atoms with Crippen molar-refractivity contribution in [3.8, 4) is 0 Å². The first-order valence-corrected chi connectivity index (χ1v) is 6.95. The standard InChI is InChI=1S/C13H16Cl2N2O/c1-8(9-4-2-3-5-9)17-13(18)10-6-11(14)12(15)16-7-10/h6-9H,2-5H2,1H3,(H,17,18). The maximum absolute atomic E-state index is 12.0. The molecule has 0 aliphatic heterocycles. The molecule has 0 bridgehead atoms. The molecule has 0 spiro atoms. The van der Waals surface area contributed by atoms with Crippen LogP contribution in [-0.2, 0) is 0 Å². The highest BCUT2D eigenvalue weighted by molar-refractivity contribution is 6.41. The van der Waals surface area contributed by atoms with E-state index < -0.39 is 0 Å². The molecule has 2 rings (SSSR count). The Bertz CT molecular complexity index is 445. The first-order chi connectivity index (χ1) is 8.58. The summed E-state index contributed by atoms with van der Waals surface area (Å²) in [5.41, 5.74) is 0.453. The lowest BCUT2D eigenvalue weighted by atomic mass is 9.99. The van der Waals surface area contributed by atoms with E-state index in [-0.39, 0.29) is 17.1 Å². The van der Waals surface area contributed by atoms with E-state index in [0.29, 0.717) is 16.5 Å². The minimum Gasteiger partial charge on any atom is -0.349 e. The van der Waals surface area contributed by atoms with Gasteiger partial charge in [-0.1, -0.05) is 36.0 Å². The Morgan fingerprint density at radius 3 is 2.72 bits per heavy atom. The highest BCUT2D eigenvalue weighted by atomic mass is 35.5. The summed E-state index contributed by atoms with van der Waals surface area (Å²) < 4.78 is 0. The number of carbonyl (C=O) groups is 1. The Hall–Kier alpha value is -0.800. The third kappa shape index (κ3) is 3.15. The number of pyridine rings is 1. The van der Waals surface area contributed by atoms with Gasteiger partial charge in [0.05, 0.1) is 10.6 Å². The van der Waals surface area contributed by atoms with E-state index in [9.17, 15) is 4.79 Å². The zero-order valence-corrected chi connectivity index (χ0v) is 11.8. The lowest BCUT2D eigenvalue weighted by Gasteiger charge is -2.20. The fourth-order valence-corrected chi connectivity index (χ4v) is 2.68. The third-order valence-corrected chi connectivity index (χ3v) is 4.21. The quantitative estimate of drug-likeness (QED) is 0.861. The number of nitrogens with one attached hydrogen (secondary N) is 1. The zero-order chi connectivity index (χ0) is 13.1. The SMILES string of the molecule is CC(NC(=O)c1cnc(Cl)c(Cl)c1)C1CCCC1. The van der Waals surface area contributed by atoms with E-state index in [1.54, 1.807) is 6.07 Å². The van der Waals surface area contributed by atoms with Crippen molar-refractivity contribution in [2.24, 2.45) is 5.92 Å². The van der Waals surface area contributed by atoms with Crippen LogP contribution in [0.15, 0.2) is 12.3 Å². The summed E-state index contributed by atoms with van der Waals surface area (Å²) >= 11 is 11.6. The Morgan fingerprint density at radius 2 is 2.11 bits per heavy atom. The molecule has 0 aromatic carbocycles. The van der Waals surface area contributed by atoms with Crippen molar-refractivity contribution < 1.29 is 4.79 Å². The monoisotopic (exact) mass is 286 g/mol. The third-order valence-electron chi connectivity index (χ3n) is 3.52. The molecule has 3 nitrogen and oxygen atoms in total. The molecule has 1 atom stereocenters. The van der Waals surface area contributed by atoms with E-state index in [1.165, 1.54) is 31.9 Å². The Balaban J connectivity index is 2.00. The summed E-state index contributed by atoms with van der Waals surface area (Å²) in [4.78, 5) is 15.9. The summed E-state index contributed by atoms with van der Waals surface area (Å²) in [7, 11) is 0. The molecule has 18 heavy (non-hydrogen) atoms. The van der Waals surface area contributed by atoms with Crippen molar-refractivity contribution in [2.75, 3.05) is 0 Å². The van der Waals surface area contributed by atoms with Crippen LogP contribution in [0.5, 0.6) is 0 Å². The largest absolute Gasteiger partial charge is 0.349 e. The molecule has 1 aliphatic carbocycles. The molecule has 5 heteroatoms. The highest BCUT2D eigenvalue weighted by Gasteiger charge is 2.23. The van der Waals surface area contributed by atoms with E-state index in [4.69, 9.17) is 23.2 Å². The van der Waals surface area contributed by atoms with Crippen LogP contribution in [0.2, 0.25) is 10.2 Å². The summed E-state index contributed by atoms with van der Waals surface area (Å²) in [6, 6.07) is 1.74. The van der Waals surface area contributed by atoms with Gasteiger partial charge in [0.25, 0.3) is 5.91 Å². The van der Waals surface area contributed by atoms with Crippen LogP contribution >= 0.6 is 23.2 Å². The number of hydrogen-bond donors (Lipinski definition) is 1. The van der Waals surface area contributed by atoms with Crippen LogP contribution in [0.25, 0.3) is 0 Å². The molecule has 1 N–H and O–H groups in total. The predicted octanol–water partition coefficient (Wildman–Crippen LogP) is 3.70. The molecule has 1 aromatic heterocycles. The first kappa shape index (κ1) is 13.6. The van der Waals surface area contributed by atoms with Gasteiger partial charge in [0.15, 0.2) is 0 Å².